The second kappa shape index (κ2) is 9.20. The summed E-state index contributed by atoms with van der Waals surface area (Å²) >= 11 is 0. The maximum absolute atomic E-state index is 13.9. The Kier molecular flexibility index (Phi) is 6.26. The lowest BCUT2D eigenvalue weighted by molar-refractivity contribution is -0.147. The van der Waals surface area contributed by atoms with E-state index in [-0.39, 0.29) is 62.7 Å². The van der Waals surface area contributed by atoms with Crippen molar-refractivity contribution >= 4 is 34.1 Å². The van der Waals surface area contributed by atoms with E-state index in [1.54, 1.807) is 0 Å². The Labute approximate surface area is 230 Å². The Morgan fingerprint density at radius 3 is 2.46 bits per heavy atom. The van der Waals surface area contributed by atoms with Crippen molar-refractivity contribution < 1.29 is 47.6 Å². The highest BCUT2D eigenvalue weighted by atomic mass is 19.4. The average Bonchev–Trinajstić information content (AvgIpc) is 3.38. The molecule has 0 radical (unpaired) electrons. The number of carbonyl (C=O) groups excluding carboxylic acids is 3. The molecule has 5 rings (SSSR count). The second-order valence-electron chi connectivity index (χ2n) is 10.0. The standard InChI is InChI=1S/C28H24F3N3O7/c1-11-22(38)20(13(3)36)24-21(23(11)39)27(4)18(41-24)10-17(37)19(25(27)40)12(2)32-14-5-6-16-15(9-14)33-26(28(29,30)31)34(16)7-8-35/h5-6,9-10,32,35,38-39H,7-8H2,1-4H3/b19-12+/t27-/m0/s1. The van der Waals surface area contributed by atoms with Crippen LogP contribution in [0, 0.1) is 6.92 Å². The minimum atomic E-state index is -4.76. The Balaban J connectivity index is 1.60. The highest BCUT2D eigenvalue weighted by Gasteiger charge is 2.56. The van der Waals surface area contributed by atoms with E-state index < -0.39 is 52.9 Å². The number of halogens is 3. The summed E-state index contributed by atoms with van der Waals surface area (Å²) in [6, 6.07) is 4.12. The molecule has 41 heavy (non-hydrogen) atoms. The first-order chi connectivity index (χ1) is 19.1. The number of imidazole rings is 1. The number of phenolic OH excluding ortho intramolecular Hbond substituents is 2. The first-order valence-electron chi connectivity index (χ1n) is 12.4. The Morgan fingerprint density at radius 2 is 1.85 bits per heavy atom. The van der Waals surface area contributed by atoms with Crippen LogP contribution in [0.15, 0.2) is 41.3 Å². The van der Waals surface area contributed by atoms with Crippen LogP contribution in [0.3, 0.4) is 0 Å². The molecule has 0 fully saturated rings. The quantitative estimate of drug-likeness (QED) is 0.202. The summed E-state index contributed by atoms with van der Waals surface area (Å²) in [5, 5.41) is 33.5. The van der Waals surface area contributed by atoms with Gasteiger partial charge in [0.05, 0.1) is 28.8 Å². The number of rotatable bonds is 5. The average molecular weight is 572 g/mol. The minimum absolute atomic E-state index is 0.0286. The van der Waals surface area contributed by atoms with Crippen molar-refractivity contribution in [1.29, 1.82) is 0 Å². The van der Waals surface area contributed by atoms with E-state index in [0.717, 1.165) is 10.6 Å². The van der Waals surface area contributed by atoms with Crippen LogP contribution in [-0.4, -0.2) is 48.8 Å². The van der Waals surface area contributed by atoms with E-state index in [1.807, 2.05) is 0 Å². The van der Waals surface area contributed by atoms with Gasteiger partial charge in [0.2, 0.25) is 5.82 Å². The number of aliphatic hydroxyl groups excluding tert-OH is 1. The van der Waals surface area contributed by atoms with Crippen LogP contribution < -0.4 is 10.1 Å². The van der Waals surface area contributed by atoms with Crippen LogP contribution in [0.1, 0.15) is 48.1 Å². The normalized spacial score (nSPS) is 19.6. The summed E-state index contributed by atoms with van der Waals surface area (Å²) in [7, 11) is 0. The molecule has 1 aliphatic carbocycles. The number of ketones is 3. The molecule has 1 atom stereocenters. The number of ether oxygens (including phenoxy) is 1. The van der Waals surface area contributed by atoms with Crippen LogP contribution in [0.4, 0.5) is 18.9 Å². The Hall–Kier alpha value is -4.65. The number of aliphatic hydroxyl groups is 1. The molecule has 13 heteroatoms. The smallest absolute Gasteiger partial charge is 0.449 e. The van der Waals surface area contributed by atoms with Gasteiger partial charge in [0.15, 0.2) is 17.3 Å². The zero-order chi connectivity index (χ0) is 30.2. The predicted octanol–water partition coefficient (Wildman–Crippen LogP) is 4.04. The summed E-state index contributed by atoms with van der Waals surface area (Å²) < 4.78 is 47.1. The highest BCUT2D eigenvalue weighted by Crippen LogP contribution is 2.57. The van der Waals surface area contributed by atoms with E-state index in [9.17, 15) is 42.9 Å². The fraction of sp³-hybridized carbons (Fsp3) is 0.286. The third-order valence-corrected chi connectivity index (χ3v) is 7.42. The van der Waals surface area contributed by atoms with Gasteiger partial charge in [-0.2, -0.15) is 13.2 Å². The number of allylic oxidation sites excluding steroid dienone is 4. The Bertz CT molecular complexity index is 1770. The molecule has 1 aliphatic heterocycles. The third kappa shape index (κ3) is 3.98. The van der Waals surface area contributed by atoms with Crippen molar-refractivity contribution in [2.75, 3.05) is 11.9 Å². The number of phenols is 2. The number of Topliss-reactive ketones (excluding diaryl/α,β-unsaturated/α-hetero) is 2. The first kappa shape index (κ1) is 27.9. The van der Waals surface area contributed by atoms with Crippen molar-refractivity contribution in [2.24, 2.45) is 0 Å². The molecule has 2 aromatic carbocycles. The molecule has 3 aromatic rings. The van der Waals surface area contributed by atoms with Crippen molar-refractivity contribution in [3.63, 3.8) is 0 Å². The summed E-state index contributed by atoms with van der Waals surface area (Å²) in [5.41, 5.74) is -1.97. The van der Waals surface area contributed by atoms with Gasteiger partial charge >= 0.3 is 6.18 Å². The molecule has 1 aromatic heterocycles. The summed E-state index contributed by atoms with van der Waals surface area (Å²) in [5.74, 6) is -4.57. The Morgan fingerprint density at radius 1 is 1.17 bits per heavy atom. The monoisotopic (exact) mass is 571 g/mol. The molecule has 0 amide bonds. The molecule has 0 saturated heterocycles. The lowest BCUT2D eigenvalue weighted by atomic mass is 9.70. The molecule has 2 heterocycles. The lowest BCUT2D eigenvalue weighted by Crippen LogP contribution is -2.40. The van der Waals surface area contributed by atoms with Gasteiger partial charge in [0, 0.05) is 29.6 Å². The fourth-order valence-corrected chi connectivity index (χ4v) is 5.39. The maximum atomic E-state index is 13.9. The zero-order valence-corrected chi connectivity index (χ0v) is 22.2. The van der Waals surface area contributed by atoms with Crippen LogP contribution in [0.5, 0.6) is 17.2 Å². The van der Waals surface area contributed by atoms with E-state index in [0.29, 0.717) is 0 Å². The molecular formula is C28H24F3N3O7. The van der Waals surface area contributed by atoms with Crippen LogP contribution in [-0.2, 0) is 27.7 Å². The lowest BCUT2D eigenvalue weighted by Gasteiger charge is -2.29. The number of benzene rings is 2. The minimum Gasteiger partial charge on any atom is -0.507 e. The zero-order valence-electron chi connectivity index (χ0n) is 22.2. The molecule has 0 spiro atoms. The van der Waals surface area contributed by atoms with Gasteiger partial charge in [0.1, 0.15) is 34.0 Å². The van der Waals surface area contributed by atoms with Gasteiger partial charge in [-0.15, -0.1) is 0 Å². The number of nitrogens with zero attached hydrogens (tertiary/aromatic N) is 2. The summed E-state index contributed by atoms with van der Waals surface area (Å²) in [6.07, 6.45) is -3.70. The van der Waals surface area contributed by atoms with Crippen molar-refractivity contribution in [3.8, 4) is 17.2 Å². The van der Waals surface area contributed by atoms with Gasteiger partial charge in [-0.25, -0.2) is 4.98 Å². The number of aromatic hydroxyl groups is 2. The fourth-order valence-electron chi connectivity index (χ4n) is 5.39. The highest BCUT2D eigenvalue weighted by molar-refractivity contribution is 6.31. The first-order valence-corrected chi connectivity index (χ1v) is 12.4. The summed E-state index contributed by atoms with van der Waals surface area (Å²) in [4.78, 5) is 43.1. The molecule has 0 unspecified atom stereocenters. The van der Waals surface area contributed by atoms with E-state index in [1.165, 1.54) is 45.9 Å². The molecule has 4 N–H and O–H groups in total. The van der Waals surface area contributed by atoms with Crippen molar-refractivity contribution in [2.45, 2.75) is 45.8 Å². The number of carbonyl (C=O) groups is 3. The molecule has 0 saturated carbocycles. The number of hydrogen-bond donors (Lipinski definition) is 4. The third-order valence-electron chi connectivity index (χ3n) is 7.42. The van der Waals surface area contributed by atoms with E-state index in [4.69, 9.17) is 4.74 Å². The number of hydrogen-bond acceptors (Lipinski definition) is 9. The van der Waals surface area contributed by atoms with E-state index in [2.05, 4.69) is 10.3 Å². The van der Waals surface area contributed by atoms with E-state index >= 15 is 0 Å². The van der Waals surface area contributed by atoms with Gasteiger partial charge in [-0.05, 0) is 45.9 Å². The second-order valence-corrected chi connectivity index (χ2v) is 10.0. The maximum Gasteiger partial charge on any atom is 0.449 e. The summed E-state index contributed by atoms with van der Waals surface area (Å²) in [6.45, 7) is 4.55. The van der Waals surface area contributed by atoms with Gasteiger partial charge in [-0.3, -0.25) is 14.4 Å². The van der Waals surface area contributed by atoms with Crippen molar-refractivity contribution in [1.82, 2.24) is 9.55 Å². The largest absolute Gasteiger partial charge is 0.507 e. The molecular weight excluding hydrogens is 547 g/mol. The number of nitrogens with one attached hydrogen (secondary N) is 1. The number of fused-ring (bicyclic) bond motifs is 4. The van der Waals surface area contributed by atoms with Gasteiger partial charge in [0.25, 0.3) is 0 Å². The topological polar surface area (TPSA) is 151 Å². The number of anilines is 1. The van der Waals surface area contributed by atoms with Crippen molar-refractivity contribution in [3.05, 3.63) is 63.8 Å². The van der Waals surface area contributed by atoms with Gasteiger partial charge in [-0.1, -0.05) is 0 Å². The predicted molar refractivity (Wildman–Crippen MR) is 139 cm³/mol. The molecule has 10 nitrogen and oxygen atoms in total. The van der Waals surface area contributed by atoms with Gasteiger partial charge < -0.3 is 29.9 Å². The number of aromatic nitrogens is 2. The SMILES string of the molecule is CC(=O)c1c(O)c(C)c(O)c2c1OC1=CC(=O)/C(=C(/C)Nc3ccc4c(c3)nc(C(F)(F)F)n4CCO)C(=O)[C@@]12C. The molecule has 2 aliphatic rings. The van der Waals surface area contributed by atoms with Crippen LogP contribution >= 0.6 is 0 Å². The number of alkyl halides is 3. The molecule has 214 valence electrons. The van der Waals surface area contributed by atoms with Crippen LogP contribution in [0.25, 0.3) is 11.0 Å². The van der Waals surface area contributed by atoms with Crippen LogP contribution in [0.2, 0.25) is 0 Å². The molecule has 0 bridgehead atoms.